The average molecular weight is 253 g/mol. The molecule has 0 saturated carbocycles. The zero-order valence-electron chi connectivity index (χ0n) is 11.4. The minimum absolute atomic E-state index is 0.0443. The van der Waals surface area contributed by atoms with E-state index in [1.54, 1.807) is 10.9 Å². The molecule has 1 amide bonds. The molecule has 0 atom stereocenters. The highest BCUT2D eigenvalue weighted by molar-refractivity contribution is 5.76. The summed E-state index contributed by atoms with van der Waals surface area (Å²) in [6, 6.07) is 0. The predicted octanol–water partition coefficient (Wildman–Crippen LogP) is 0.474. The van der Waals surface area contributed by atoms with E-state index in [4.69, 9.17) is 5.73 Å². The fourth-order valence-corrected chi connectivity index (χ4v) is 1.47. The van der Waals surface area contributed by atoms with Crippen LogP contribution in [-0.2, 0) is 17.8 Å². The molecule has 0 aromatic carbocycles. The molecule has 0 spiro atoms. The molecular formula is C12H23N5O. The van der Waals surface area contributed by atoms with Gasteiger partial charge in [0, 0.05) is 11.7 Å². The molecule has 6 nitrogen and oxygen atoms in total. The van der Waals surface area contributed by atoms with Crippen LogP contribution in [0.15, 0.2) is 6.20 Å². The van der Waals surface area contributed by atoms with Gasteiger partial charge in [0.15, 0.2) is 0 Å². The Hall–Kier alpha value is -1.43. The number of nitrogens with one attached hydrogen (secondary N) is 1. The van der Waals surface area contributed by atoms with Gasteiger partial charge in [-0.05, 0) is 39.7 Å². The van der Waals surface area contributed by atoms with Gasteiger partial charge < -0.3 is 11.1 Å². The SMILES string of the molecule is CCC(C)(C)NC(=O)Cn1cc(CCCN)nn1. The van der Waals surface area contributed by atoms with Gasteiger partial charge in [0.1, 0.15) is 6.54 Å². The monoisotopic (exact) mass is 253 g/mol. The molecule has 3 N–H and O–H groups in total. The van der Waals surface area contributed by atoms with Crippen LogP contribution >= 0.6 is 0 Å². The second kappa shape index (κ2) is 6.49. The Morgan fingerprint density at radius 1 is 1.56 bits per heavy atom. The molecule has 1 rings (SSSR count). The van der Waals surface area contributed by atoms with E-state index < -0.39 is 0 Å². The Labute approximate surface area is 108 Å². The van der Waals surface area contributed by atoms with Crippen LogP contribution < -0.4 is 11.1 Å². The zero-order valence-corrected chi connectivity index (χ0v) is 11.4. The van der Waals surface area contributed by atoms with Crippen LogP contribution in [0.3, 0.4) is 0 Å². The van der Waals surface area contributed by atoms with Gasteiger partial charge in [-0.1, -0.05) is 12.1 Å². The summed E-state index contributed by atoms with van der Waals surface area (Å²) in [4.78, 5) is 11.8. The maximum atomic E-state index is 11.8. The third kappa shape index (κ3) is 4.83. The lowest BCUT2D eigenvalue weighted by Gasteiger charge is -2.24. The minimum Gasteiger partial charge on any atom is -0.350 e. The summed E-state index contributed by atoms with van der Waals surface area (Å²) < 4.78 is 1.56. The van der Waals surface area contributed by atoms with Gasteiger partial charge in [-0.15, -0.1) is 5.10 Å². The molecule has 0 bridgehead atoms. The summed E-state index contributed by atoms with van der Waals surface area (Å²) in [5.74, 6) is -0.0443. The lowest BCUT2D eigenvalue weighted by atomic mass is 10.0. The Bertz CT molecular complexity index is 386. The minimum atomic E-state index is -0.181. The number of carbonyl (C=O) groups is 1. The molecule has 1 aromatic rings. The average Bonchev–Trinajstić information content (AvgIpc) is 2.73. The Balaban J connectivity index is 2.47. The summed E-state index contributed by atoms with van der Waals surface area (Å²) in [6.07, 6.45) is 4.37. The number of hydrogen-bond acceptors (Lipinski definition) is 4. The third-order valence-electron chi connectivity index (χ3n) is 2.89. The van der Waals surface area contributed by atoms with Crippen molar-refractivity contribution >= 4 is 5.91 Å². The van der Waals surface area contributed by atoms with E-state index in [2.05, 4.69) is 15.6 Å². The summed E-state index contributed by atoms with van der Waals surface area (Å²) in [5.41, 5.74) is 6.13. The van der Waals surface area contributed by atoms with Crippen molar-refractivity contribution < 1.29 is 4.79 Å². The highest BCUT2D eigenvalue weighted by Gasteiger charge is 2.18. The molecule has 0 radical (unpaired) electrons. The van der Waals surface area contributed by atoms with Crippen molar-refractivity contribution in [3.8, 4) is 0 Å². The van der Waals surface area contributed by atoms with Crippen molar-refractivity contribution in [1.82, 2.24) is 20.3 Å². The van der Waals surface area contributed by atoms with E-state index in [9.17, 15) is 4.79 Å². The lowest BCUT2D eigenvalue weighted by molar-refractivity contribution is -0.123. The Kier molecular flexibility index (Phi) is 5.27. The van der Waals surface area contributed by atoms with Gasteiger partial charge in [0.2, 0.25) is 5.91 Å². The molecule has 0 saturated heterocycles. The van der Waals surface area contributed by atoms with Crippen molar-refractivity contribution in [2.24, 2.45) is 5.73 Å². The van der Waals surface area contributed by atoms with Gasteiger partial charge in [-0.25, -0.2) is 4.68 Å². The van der Waals surface area contributed by atoms with Crippen LogP contribution in [0, 0.1) is 0 Å². The Morgan fingerprint density at radius 3 is 2.89 bits per heavy atom. The van der Waals surface area contributed by atoms with Crippen LogP contribution in [0.1, 0.15) is 39.3 Å². The summed E-state index contributed by atoms with van der Waals surface area (Å²) in [7, 11) is 0. The zero-order chi connectivity index (χ0) is 13.6. The third-order valence-corrected chi connectivity index (χ3v) is 2.89. The quantitative estimate of drug-likeness (QED) is 0.740. The first kappa shape index (κ1) is 14.6. The second-order valence-electron chi connectivity index (χ2n) is 5.09. The van der Waals surface area contributed by atoms with Crippen molar-refractivity contribution in [1.29, 1.82) is 0 Å². The van der Waals surface area contributed by atoms with Crippen molar-refractivity contribution in [2.45, 2.75) is 52.1 Å². The van der Waals surface area contributed by atoms with E-state index in [1.807, 2.05) is 20.8 Å². The molecule has 0 fully saturated rings. The van der Waals surface area contributed by atoms with Crippen LogP contribution in [0.2, 0.25) is 0 Å². The van der Waals surface area contributed by atoms with Crippen molar-refractivity contribution in [3.63, 3.8) is 0 Å². The molecule has 0 aliphatic heterocycles. The number of hydrogen-bond donors (Lipinski definition) is 2. The lowest BCUT2D eigenvalue weighted by Crippen LogP contribution is -2.44. The van der Waals surface area contributed by atoms with E-state index in [-0.39, 0.29) is 18.0 Å². The molecular weight excluding hydrogens is 230 g/mol. The van der Waals surface area contributed by atoms with E-state index in [1.165, 1.54) is 0 Å². The largest absolute Gasteiger partial charge is 0.350 e. The van der Waals surface area contributed by atoms with Gasteiger partial charge in [0.25, 0.3) is 0 Å². The fraction of sp³-hybridized carbons (Fsp3) is 0.750. The van der Waals surface area contributed by atoms with E-state index >= 15 is 0 Å². The molecule has 6 heteroatoms. The summed E-state index contributed by atoms with van der Waals surface area (Å²) >= 11 is 0. The summed E-state index contributed by atoms with van der Waals surface area (Å²) in [6.45, 7) is 6.88. The second-order valence-corrected chi connectivity index (χ2v) is 5.09. The number of carbonyl (C=O) groups excluding carboxylic acids is 1. The van der Waals surface area contributed by atoms with Gasteiger partial charge in [-0.3, -0.25) is 4.79 Å². The normalized spacial score (nSPS) is 11.6. The van der Waals surface area contributed by atoms with Gasteiger partial charge in [-0.2, -0.15) is 0 Å². The first-order valence-electron chi connectivity index (χ1n) is 6.37. The number of aryl methyl sites for hydroxylation is 1. The number of aromatic nitrogens is 3. The maximum Gasteiger partial charge on any atom is 0.242 e. The first-order chi connectivity index (χ1) is 8.46. The topological polar surface area (TPSA) is 85.8 Å². The number of rotatable bonds is 7. The highest BCUT2D eigenvalue weighted by atomic mass is 16.2. The smallest absolute Gasteiger partial charge is 0.242 e. The fourth-order valence-electron chi connectivity index (χ4n) is 1.47. The van der Waals surface area contributed by atoms with Crippen LogP contribution in [-0.4, -0.2) is 33.0 Å². The number of amides is 1. The predicted molar refractivity (Wildman–Crippen MR) is 69.9 cm³/mol. The molecule has 18 heavy (non-hydrogen) atoms. The molecule has 1 aromatic heterocycles. The molecule has 1 heterocycles. The molecule has 0 aliphatic rings. The number of nitrogens with two attached hydrogens (primary N) is 1. The van der Waals surface area contributed by atoms with E-state index in [0.29, 0.717) is 6.54 Å². The first-order valence-corrected chi connectivity index (χ1v) is 6.37. The van der Waals surface area contributed by atoms with Crippen LogP contribution in [0.25, 0.3) is 0 Å². The van der Waals surface area contributed by atoms with Crippen molar-refractivity contribution in [2.75, 3.05) is 6.54 Å². The van der Waals surface area contributed by atoms with Crippen molar-refractivity contribution in [3.05, 3.63) is 11.9 Å². The Morgan fingerprint density at radius 2 is 2.28 bits per heavy atom. The number of nitrogens with zero attached hydrogens (tertiary/aromatic N) is 3. The standard InChI is InChI=1S/C12H23N5O/c1-4-12(2,3)14-11(18)9-17-8-10(15-16-17)6-5-7-13/h8H,4-7,9,13H2,1-3H3,(H,14,18). The summed E-state index contributed by atoms with van der Waals surface area (Å²) in [5, 5.41) is 10.9. The van der Waals surface area contributed by atoms with Crippen LogP contribution in [0.4, 0.5) is 0 Å². The van der Waals surface area contributed by atoms with E-state index in [0.717, 1.165) is 25.0 Å². The molecule has 0 unspecified atom stereocenters. The molecule has 102 valence electrons. The maximum absolute atomic E-state index is 11.8. The van der Waals surface area contributed by atoms with Crippen LogP contribution in [0.5, 0.6) is 0 Å². The highest BCUT2D eigenvalue weighted by Crippen LogP contribution is 2.06. The molecule has 0 aliphatic carbocycles. The van der Waals surface area contributed by atoms with Gasteiger partial charge >= 0.3 is 0 Å². The van der Waals surface area contributed by atoms with Gasteiger partial charge in [0.05, 0.1) is 5.69 Å².